The first kappa shape index (κ1) is 10.8. The molecule has 0 aromatic carbocycles. The smallest absolute Gasteiger partial charge is 0.0261 e. The number of nitrogens with zero attached hydrogens (tertiary/aromatic N) is 1. The number of rotatable bonds is 5. The van der Waals surface area contributed by atoms with Crippen LogP contribution in [0.4, 0.5) is 0 Å². The van der Waals surface area contributed by atoms with Gasteiger partial charge in [-0.2, -0.15) is 11.8 Å². The third-order valence-corrected chi connectivity index (χ3v) is 2.48. The van der Waals surface area contributed by atoms with Crippen molar-refractivity contribution in [3.63, 3.8) is 0 Å². The molecule has 0 aromatic rings. The van der Waals surface area contributed by atoms with Crippen LogP contribution in [0.3, 0.4) is 0 Å². The van der Waals surface area contributed by atoms with Crippen molar-refractivity contribution in [2.45, 2.75) is 27.2 Å². The molecule has 1 nitrogen and oxygen atoms in total. The van der Waals surface area contributed by atoms with Gasteiger partial charge >= 0.3 is 0 Å². The second kappa shape index (κ2) is 7.86. The van der Waals surface area contributed by atoms with Gasteiger partial charge in [-0.1, -0.05) is 6.92 Å². The first-order valence-corrected chi connectivity index (χ1v) is 5.18. The van der Waals surface area contributed by atoms with Gasteiger partial charge in [-0.3, -0.25) is 4.99 Å². The van der Waals surface area contributed by atoms with Gasteiger partial charge < -0.3 is 0 Å². The van der Waals surface area contributed by atoms with E-state index < -0.39 is 0 Å². The van der Waals surface area contributed by atoms with Crippen LogP contribution in [0.2, 0.25) is 0 Å². The molecule has 11 heavy (non-hydrogen) atoms. The third-order valence-electron chi connectivity index (χ3n) is 1.12. The van der Waals surface area contributed by atoms with Crippen LogP contribution in [0.15, 0.2) is 16.8 Å². The van der Waals surface area contributed by atoms with Crippen LogP contribution < -0.4 is 0 Å². The Balaban J connectivity index is 3.42. The molecule has 0 saturated heterocycles. The normalized spacial score (nSPS) is 12.8. The Bertz CT molecular complexity index is 138. The van der Waals surface area contributed by atoms with E-state index in [1.165, 1.54) is 17.7 Å². The maximum atomic E-state index is 4.05. The van der Waals surface area contributed by atoms with Crippen LogP contribution in [-0.2, 0) is 0 Å². The van der Waals surface area contributed by atoms with E-state index in [1.807, 2.05) is 31.1 Å². The minimum absolute atomic E-state index is 1.12. The Morgan fingerprint density at radius 3 is 2.82 bits per heavy atom. The number of aliphatic imine (C=N–C) groups is 1. The fourth-order valence-electron chi connectivity index (χ4n) is 0.617. The summed E-state index contributed by atoms with van der Waals surface area (Å²) in [5.74, 6) is 2.37. The Labute approximate surface area is 74.0 Å². The predicted octanol–water partition coefficient (Wildman–Crippen LogP) is 3.12. The van der Waals surface area contributed by atoms with Crippen molar-refractivity contribution in [2.75, 3.05) is 11.5 Å². The molecule has 0 atom stereocenters. The van der Waals surface area contributed by atoms with Crippen LogP contribution in [0, 0.1) is 0 Å². The molecule has 0 fully saturated rings. The maximum absolute atomic E-state index is 4.05. The van der Waals surface area contributed by atoms with E-state index in [-0.39, 0.29) is 0 Å². The zero-order valence-corrected chi connectivity index (χ0v) is 8.45. The van der Waals surface area contributed by atoms with E-state index in [9.17, 15) is 0 Å². The fraction of sp³-hybridized carbons (Fsp3) is 0.667. The van der Waals surface area contributed by atoms with Crippen LogP contribution in [0.5, 0.6) is 0 Å². The van der Waals surface area contributed by atoms with Crippen molar-refractivity contribution >= 4 is 18.0 Å². The van der Waals surface area contributed by atoms with E-state index >= 15 is 0 Å². The summed E-state index contributed by atoms with van der Waals surface area (Å²) >= 11 is 1.97. The lowest BCUT2D eigenvalue weighted by Gasteiger charge is -1.97. The standard InChI is InChI=1S/C9H17NS/c1-4-6-11-8-9(3)7-10-5-2/h5,7H,4,6,8H2,1-3H3/b9-7-,10-5-. The molecule has 0 spiro atoms. The third kappa shape index (κ3) is 7.66. The van der Waals surface area contributed by atoms with Crippen LogP contribution in [0.1, 0.15) is 27.2 Å². The topological polar surface area (TPSA) is 12.4 Å². The van der Waals surface area contributed by atoms with Gasteiger partial charge in [0, 0.05) is 18.2 Å². The molecule has 0 aliphatic heterocycles. The predicted molar refractivity (Wildman–Crippen MR) is 55.5 cm³/mol. The van der Waals surface area contributed by atoms with Crippen molar-refractivity contribution in [3.05, 3.63) is 11.8 Å². The Kier molecular flexibility index (Phi) is 7.69. The van der Waals surface area contributed by atoms with Gasteiger partial charge in [-0.05, 0) is 31.6 Å². The first-order chi connectivity index (χ1) is 5.31. The number of hydrogen-bond acceptors (Lipinski definition) is 2. The van der Waals surface area contributed by atoms with Gasteiger partial charge in [-0.25, -0.2) is 0 Å². The van der Waals surface area contributed by atoms with E-state index in [4.69, 9.17) is 0 Å². The van der Waals surface area contributed by atoms with E-state index in [1.54, 1.807) is 0 Å². The Morgan fingerprint density at radius 1 is 1.55 bits per heavy atom. The Morgan fingerprint density at radius 2 is 2.27 bits per heavy atom. The van der Waals surface area contributed by atoms with Gasteiger partial charge in [0.15, 0.2) is 0 Å². The highest BCUT2D eigenvalue weighted by molar-refractivity contribution is 7.99. The van der Waals surface area contributed by atoms with Crippen LogP contribution in [0.25, 0.3) is 0 Å². The molecular weight excluding hydrogens is 154 g/mol. The molecule has 64 valence electrons. The molecule has 0 unspecified atom stereocenters. The molecule has 0 bridgehead atoms. The van der Waals surface area contributed by atoms with E-state index in [2.05, 4.69) is 18.8 Å². The van der Waals surface area contributed by atoms with E-state index in [0.717, 1.165) is 5.75 Å². The fourth-order valence-corrected chi connectivity index (χ4v) is 1.45. The van der Waals surface area contributed by atoms with Crippen molar-refractivity contribution < 1.29 is 0 Å². The van der Waals surface area contributed by atoms with Gasteiger partial charge in [0.05, 0.1) is 0 Å². The van der Waals surface area contributed by atoms with Crippen molar-refractivity contribution in [1.82, 2.24) is 0 Å². The lowest BCUT2D eigenvalue weighted by molar-refractivity contribution is 1.11. The van der Waals surface area contributed by atoms with Crippen molar-refractivity contribution in [3.8, 4) is 0 Å². The lowest BCUT2D eigenvalue weighted by atomic mass is 10.4. The summed E-state index contributed by atoms with van der Waals surface area (Å²) in [6.07, 6.45) is 5.01. The summed E-state index contributed by atoms with van der Waals surface area (Å²) < 4.78 is 0. The van der Waals surface area contributed by atoms with Crippen molar-refractivity contribution in [1.29, 1.82) is 0 Å². The summed E-state index contributed by atoms with van der Waals surface area (Å²) in [5, 5.41) is 0. The van der Waals surface area contributed by atoms with Crippen LogP contribution >= 0.6 is 11.8 Å². The second-order valence-electron chi connectivity index (χ2n) is 2.44. The molecule has 0 aromatic heterocycles. The first-order valence-electron chi connectivity index (χ1n) is 4.02. The summed E-state index contributed by atoms with van der Waals surface area (Å²) in [4.78, 5) is 4.05. The molecule has 0 aliphatic carbocycles. The largest absolute Gasteiger partial charge is 0.269 e. The zero-order chi connectivity index (χ0) is 8.53. The molecule has 0 rings (SSSR count). The summed E-state index contributed by atoms with van der Waals surface area (Å²) in [6.45, 7) is 6.26. The highest BCUT2D eigenvalue weighted by Gasteiger charge is 1.88. The second-order valence-corrected chi connectivity index (χ2v) is 3.54. The average Bonchev–Trinajstić information content (AvgIpc) is 2.01. The molecular formula is C9H17NS. The highest BCUT2D eigenvalue weighted by atomic mass is 32.2. The SMILES string of the molecule is C/C=N\C=C(\C)CSCCC. The highest BCUT2D eigenvalue weighted by Crippen LogP contribution is 2.07. The average molecular weight is 171 g/mol. The molecule has 0 saturated carbocycles. The minimum atomic E-state index is 1.12. The summed E-state index contributed by atoms with van der Waals surface area (Å²) in [5.41, 5.74) is 1.35. The Hall–Kier alpha value is -0.240. The molecule has 0 amide bonds. The molecule has 2 heteroatoms. The quantitative estimate of drug-likeness (QED) is 0.457. The van der Waals surface area contributed by atoms with Crippen LogP contribution in [-0.4, -0.2) is 17.7 Å². The monoisotopic (exact) mass is 171 g/mol. The van der Waals surface area contributed by atoms with Gasteiger partial charge in [0.1, 0.15) is 0 Å². The molecule has 0 N–H and O–H groups in total. The van der Waals surface area contributed by atoms with Gasteiger partial charge in [0.2, 0.25) is 0 Å². The molecule has 0 aliphatic rings. The number of thioether (sulfide) groups is 1. The van der Waals surface area contributed by atoms with Crippen molar-refractivity contribution in [2.24, 2.45) is 4.99 Å². The van der Waals surface area contributed by atoms with Gasteiger partial charge in [0.25, 0.3) is 0 Å². The molecule has 0 radical (unpaired) electrons. The minimum Gasteiger partial charge on any atom is -0.269 e. The zero-order valence-electron chi connectivity index (χ0n) is 7.63. The number of hydrogen-bond donors (Lipinski definition) is 0. The van der Waals surface area contributed by atoms with E-state index in [0.29, 0.717) is 0 Å². The lowest BCUT2D eigenvalue weighted by Crippen LogP contribution is -1.82. The molecule has 0 heterocycles. The summed E-state index contributed by atoms with van der Waals surface area (Å²) in [6, 6.07) is 0. The maximum Gasteiger partial charge on any atom is 0.0261 e. The van der Waals surface area contributed by atoms with Gasteiger partial charge in [-0.15, -0.1) is 0 Å². The summed E-state index contributed by atoms with van der Waals surface area (Å²) in [7, 11) is 0.